The zero-order valence-electron chi connectivity index (χ0n) is 15.6. The van der Waals surface area contributed by atoms with Crippen molar-refractivity contribution < 1.29 is 9.53 Å². The SMILES string of the molecule is CCCCOC(=O)N1CCC[C@H](c2nnc(CN3CCCC3)n2C)C1. The molecule has 140 valence electrons. The van der Waals surface area contributed by atoms with Crippen molar-refractivity contribution in [2.45, 2.75) is 57.9 Å². The van der Waals surface area contributed by atoms with Crippen LogP contribution in [0.5, 0.6) is 0 Å². The molecule has 0 radical (unpaired) electrons. The molecule has 1 aromatic rings. The summed E-state index contributed by atoms with van der Waals surface area (Å²) in [6.45, 7) is 7.25. The summed E-state index contributed by atoms with van der Waals surface area (Å²) >= 11 is 0. The zero-order chi connectivity index (χ0) is 17.6. The molecule has 3 heterocycles. The van der Waals surface area contributed by atoms with E-state index < -0.39 is 0 Å². The van der Waals surface area contributed by atoms with Gasteiger partial charge in [-0.1, -0.05) is 13.3 Å². The van der Waals surface area contributed by atoms with Gasteiger partial charge < -0.3 is 14.2 Å². The molecule has 3 rings (SSSR count). The van der Waals surface area contributed by atoms with Crippen molar-refractivity contribution in [3.63, 3.8) is 0 Å². The largest absolute Gasteiger partial charge is 0.449 e. The maximum absolute atomic E-state index is 12.2. The molecule has 1 aromatic heterocycles. The second-order valence-electron chi connectivity index (χ2n) is 7.27. The third kappa shape index (κ3) is 4.51. The Kier molecular flexibility index (Phi) is 6.29. The fourth-order valence-electron chi connectivity index (χ4n) is 3.76. The molecular weight excluding hydrogens is 318 g/mol. The van der Waals surface area contributed by atoms with Crippen LogP contribution in [0.2, 0.25) is 0 Å². The maximum atomic E-state index is 12.2. The molecule has 0 unspecified atom stereocenters. The standard InChI is InChI=1S/C18H31N5O2/c1-3-4-12-25-18(24)23-11-7-8-15(13-23)17-20-19-16(21(17)2)14-22-9-5-6-10-22/h15H,3-14H2,1-2H3/t15-/m0/s1. The lowest BCUT2D eigenvalue weighted by Crippen LogP contribution is -2.40. The van der Waals surface area contributed by atoms with Crippen LogP contribution in [0.15, 0.2) is 0 Å². The number of ether oxygens (including phenoxy) is 1. The molecule has 7 nitrogen and oxygen atoms in total. The van der Waals surface area contributed by atoms with E-state index in [1.54, 1.807) is 0 Å². The minimum absolute atomic E-state index is 0.183. The van der Waals surface area contributed by atoms with E-state index in [2.05, 4.69) is 33.6 Å². The Hall–Kier alpha value is -1.63. The van der Waals surface area contributed by atoms with E-state index in [1.165, 1.54) is 12.8 Å². The van der Waals surface area contributed by atoms with Crippen LogP contribution in [-0.4, -0.2) is 63.4 Å². The molecule has 0 bridgehead atoms. The first-order valence-electron chi connectivity index (χ1n) is 9.71. The Labute approximate surface area is 150 Å². The van der Waals surface area contributed by atoms with Crippen LogP contribution in [0.3, 0.4) is 0 Å². The number of hydrogen-bond acceptors (Lipinski definition) is 5. The van der Waals surface area contributed by atoms with E-state index >= 15 is 0 Å². The number of unbranched alkanes of at least 4 members (excludes halogenated alkanes) is 1. The van der Waals surface area contributed by atoms with Gasteiger partial charge in [-0.3, -0.25) is 4.90 Å². The van der Waals surface area contributed by atoms with E-state index in [-0.39, 0.29) is 12.0 Å². The number of piperidine rings is 1. The van der Waals surface area contributed by atoms with Gasteiger partial charge in [-0.05, 0) is 45.2 Å². The lowest BCUT2D eigenvalue weighted by Gasteiger charge is -2.31. The second kappa shape index (κ2) is 8.65. The topological polar surface area (TPSA) is 63.5 Å². The number of carbonyl (C=O) groups excluding carboxylic acids is 1. The van der Waals surface area contributed by atoms with Crippen LogP contribution in [0, 0.1) is 0 Å². The van der Waals surface area contributed by atoms with E-state index in [0.717, 1.165) is 63.5 Å². The first kappa shape index (κ1) is 18.2. The number of carbonyl (C=O) groups is 1. The Balaban J connectivity index is 1.59. The molecule has 2 fully saturated rings. The van der Waals surface area contributed by atoms with Crippen molar-refractivity contribution in [1.82, 2.24) is 24.6 Å². The van der Waals surface area contributed by atoms with Crippen LogP contribution in [0.4, 0.5) is 4.79 Å². The van der Waals surface area contributed by atoms with Gasteiger partial charge in [0.25, 0.3) is 0 Å². The van der Waals surface area contributed by atoms with Crippen molar-refractivity contribution in [2.24, 2.45) is 7.05 Å². The van der Waals surface area contributed by atoms with Crippen molar-refractivity contribution in [1.29, 1.82) is 0 Å². The summed E-state index contributed by atoms with van der Waals surface area (Å²) < 4.78 is 7.50. The molecule has 1 amide bonds. The summed E-state index contributed by atoms with van der Waals surface area (Å²) in [7, 11) is 2.05. The number of hydrogen-bond donors (Lipinski definition) is 0. The lowest BCUT2D eigenvalue weighted by atomic mass is 9.97. The average molecular weight is 349 g/mol. The number of aromatic nitrogens is 3. The molecule has 0 N–H and O–H groups in total. The summed E-state index contributed by atoms with van der Waals surface area (Å²) in [5.41, 5.74) is 0. The monoisotopic (exact) mass is 349 g/mol. The molecule has 0 aromatic carbocycles. The van der Waals surface area contributed by atoms with Crippen molar-refractivity contribution in [3.05, 3.63) is 11.6 Å². The van der Waals surface area contributed by atoms with Crippen molar-refractivity contribution >= 4 is 6.09 Å². The van der Waals surface area contributed by atoms with Gasteiger partial charge in [0, 0.05) is 26.1 Å². The molecule has 1 atom stereocenters. The normalized spacial score (nSPS) is 21.7. The van der Waals surface area contributed by atoms with E-state index in [1.807, 2.05) is 4.90 Å². The first-order chi connectivity index (χ1) is 12.2. The van der Waals surface area contributed by atoms with Gasteiger partial charge >= 0.3 is 6.09 Å². The van der Waals surface area contributed by atoms with Crippen molar-refractivity contribution in [2.75, 3.05) is 32.8 Å². The summed E-state index contributed by atoms with van der Waals surface area (Å²) in [4.78, 5) is 16.5. The first-order valence-corrected chi connectivity index (χ1v) is 9.71. The number of rotatable bonds is 6. The Morgan fingerprint density at radius 3 is 2.76 bits per heavy atom. The van der Waals surface area contributed by atoms with Gasteiger partial charge in [-0.15, -0.1) is 10.2 Å². The summed E-state index contributed by atoms with van der Waals surface area (Å²) in [6, 6.07) is 0. The van der Waals surface area contributed by atoms with Crippen LogP contribution in [0.1, 0.15) is 63.0 Å². The number of nitrogens with zero attached hydrogens (tertiary/aromatic N) is 5. The van der Waals surface area contributed by atoms with E-state index in [0.29, 0.717) is 13.2 Å². The van der Waals surface area contributed by atoms with Crippen LogP contribution < -0.4 is 0 Å². The van der Waals surface area contributed by atoms with Gasteiger partial charge in [-0.25, -0.2) is 4.79 Å². The third-order valence-corrected chi connectivity index (χ3v) is 5.33. The van der Waals surface area contributed by atoms with Crippen LogP contribution in [-0.2, 0) is 18.3 Å². The van der Waals surface area contributed by atoms with Gasteiger partial charge in [0.2, 0.25) is 0 Å². The lowest BCUT2D eigenvalue weighted by molar-refractivity contribution is 0.0896. The van der Waals surface area contributed by atoms with Crippen LogP contribution in [0.25, 0.3) is 0 Å². The summed E-state index contributed by atoms with van der Waals surface area (Å²) in [6.07, 6.45) is 6.37. The molecule has 25 heavy (non-hydrogen) atoms. The fraction of sp³-hybridized carbons (Fsp3) is 0.833. The number of likely N-dealkylation sites (tertiary alicyclic amines) is 2. The molecule has 0 aliphatic carbocycles. The predicted molar refractivity (Wildman–Crippen MR) is 95.3 cm³/mol. The average Bonchev–Trinajstić information content (AvgIpc) is 3.26. The minimum atomic E-state index is -0.183. The molecule has 2 saturated heterocycles. The quantitative estimate of drug-likeness (QED) is 0.739. The molecular formula is C18H31N5O2. The Morgan fingerprint density at radius 1 is 1.20 bits per heavy atom. The van der Waals surface area contributed by atoms with Crippen LogP contribution >= 0.6 is 0 Å². The molecule has 2 aliphatic rings. The summed E-state index contributed by atoms with van der Waals surface area (Å²) in [5, 5.41) is 8.88. The van der Waals surface area contributed by atoms with E-state index in [4.69, 9.17) is 4.74 Å². The number of amides is 1. The summed E-state index contributed by atoms with van der Waals surface area (Å²) in [5.74, 6) is 2.28. The highest BCUT2D eigenvalue weighted by molar-refractivity contribution is 5.67. The molecule has 0 saturated carbocycles. The van der Waals surface area contributed by atoms with Gasteiger partial charge in [0.15, 0.2) is 0 Å². The zero-order valence-corrected chi connectivity index (χ0v) is 15.6. The highest BCUT2D eigenvalue weighted by Gasteiger charge is 2.29. The highest BCUT2D eigenvalue weighted by atomic mass is 16.6. The van der Waals surface area contributed by atoms with Crippen molar-refractivity contribution in [3.8, 4) is 0 Å². The molecule has 7 heteroatoms. The predicted octanol–water partition coefficient (Wildman–Crippen LogP) is 2.53. The third-order valence-electron chi connectivity index (χ3n) is 5.33. The minimum Gasteiger partial charge on any atom is -0.449 e. The second-order valence-corrected chi connectivity index (χ2v) is 7.27. The molecule has 0 spiro atoms. The van der Waals surface area contributed by atoms with Gasteiger partial charge in [0.05, 0.1) is 13.2 Å². The van der Waals surface area contributed by atoms with Gasteiger partial charge in [0.1, 0.15) is 11.6 Å². The highest BCUT2D eigenvalue weighted by Crippen LogP contribution is 2.26. The fourth-order valence-corrected chi connectivity index (χ4v) is 3.76. The smallest absolute Gasteiger partial charge is 0.409 e. The molecule has 2 aliphatic heterocycles. The van der Waals surface area contributed by atoms with Gasteiger partial charge in [-0.2, -0.15) is 0 Å². The Morgan fingerprint density at radius 2 is 2.00 bits per heavy atom. The maximum Gasteiger partial charge on any atom is 0.409 e. The van der Waals surface area contributed by atoms with E-state index in [9.17, 15) is 4.79 Å². The Bertz CT molecular complexity index is 568.